The lowest BCUT2D eigenvalue weighted by atomic mass is 10.2. The summed E-state index contributed by atoms with van der Waals surface area (Å²) in [5.74, 6) is -0.307. The van der Waals surface area contributed by atoms with Crippen LogP contribution in [0.5, 0.6) is 0 Å². The van der Waals surface area contributed by atoms with Crippen molar-refractivity contribution in [3.63, 3.8) is 0 Å². The molecule has 1 saturated heterocycles. The van der Waals surface area contributed by atoms with Gasteiger partial charge in [0, 0.05) is 43.1 Å². The minimum Gasteiger partial charge on any atom is -0.369 e. The minimum absolute atomic E-state index is 0.307. The van der Waals surface area contributed by atoms with Gasteiger partial charge in [-0.2, -0.15) is 0 Å². The molecule has 25 heavy (non-hydrogen) atoms. The number of carbonyl (C=O) groups is 1. The fraction of sp³-hybridized carbons (Fsp3) is 0.333. The third-order valence-corrected chi connectivity index (χ3v) is 4.90. The quantitative estimate of drug-likeness (QED) is 0.879. The molecule has 2 aromatic rings. The summed E-state index contributed by atoms with van der Waals surface area (Å²) in [5.41, 5.74) is 1.84. The topological polar surface area (TPSA) is 48.5 Å². The molecule has 0 saturated carbocycles. The van der Waals surface area contributed by atoms with Gasteiger partial charge in [0.05, 0.1) is 10.7 Å². The molecule has 2 heterocycles. The summed E-state index contributed by atoms with van der Waals surface area (Å²) in [4.78, 5) is 21.4. The van der Waals surface area contributed by atoms with E-state index in [9.17, 15) is 4.79 Å². The number of piperazine rings is 1. The largest absolute Gasteiger partial charge is 0.369 e. The predicted molar refractivity (Wildman–Crippen MR) is 103 cm³/mol. The van der Waals surface area contributed by atoms with Crippen molar-refractivity contribution in [2.24, 2.45) is 0 Å². The van der Waals surface area contributed by atoms with Crippen LogP contribution in [-0.2, 0) is 0 Å². The number of nitrogens with one attached hydrogen (secondary N) is 1. The average Bonchev–Trinajstić information content (AvgIpc) is 2.65. The Morgan fingerprint density at radius 3 is 2.64 bits per heavy atom. The fourth-order valence-electron chi connectivity index (χ4n) is 2.84. The molecule has 3 rings (SSSR count). The second-order valence-corrected chi connectivity index (χ2v) is 6.74. The number of rotatable bonds is 4. The van der Waals surface area contributed by atoms with E-state index >= 15 is 0 Å². The minimum atomic E-state index is -0.307. The molecule has 132 valence electrons. The number of nitrogens with zero attached hydrogens (tertiary/aromatic N) is 3. The van der Waals surface area contributed by atoms with Crippen LogP contribution in [0.15, 0.2) is 36.5 Å². The summed E-state index contributed by atoms with van der Waals surface area (Å²) in [6.07, 6.45) is 1.66. The second kappa shape index (κ2) is 8.04. The first-order chi connectivity index (χ1) is 12.1. The SMILES string of the molecule is CCN1CCN(c2ccnc(C(=O)Nc3cc(Cl)ccc3Cl)c2)CC1. The van der Waals surface area contributed by atoms with Crippen molar-refractivity contribution < 1.29 is 4.79 Å². The van der Waals surface area contributed by atoms with Gasteiger partial charge >= 0.3 is 0 Å². The third kappa shape index (κ3) is 4.42. The van der Waals surface area contributed by atoms with Crippen LogP contribution >= 0.6 is 23.2 Å². The first kappa shape index (κ1) is 18.0. The van der Waals surface area contributed by atoms with Crippen LogP contribution in [0, 0.1) is 0 Å². The highest BCUT2D eigenvalue weighted by Gasteiger charge is 2.18. The maximum Gasteiger partial charge on any atom is 0.274 e. The van der Waals surface area contributed by atoms with Gasteiger partial charge in [-0.05, 0) is 36.9 Å². The number of pyridine rings is 1. The summed E-state index contributed by atoms with van der Waals surface area (Å²) in [6, 6.07) is 8.70. The molecule has 1 aromatic heterocycles. The number of aromatic nitrogens is 1. The molecular formula is C18H20Cl2N4O. The molecule has 0 unspecified atom stereocenters. The first-order valence-electron chi connectivity index (χ1n) is 8.26. The Kier molecular flexibility index (Phi) is 5.78. The van der Waals surface area contributed by atoms with Gasteiger partial charge in [-0.15, -0.1) is 0 Å². The summed E-state index contributed by atoms with van der Waals surface area (Å²) >= 11 is 12.1. The molecule has 1 fully saturated rings. The van der Waals surface area contributed by atoms with E-state index in [-0.39, 0.29) is 5.91 Å². The number of amides is 1. The number of hydrogen-bond acceptors (Lipinski definition) is 4. The van der Waals surface area contributed by atoms with Crippen LogP contribution in [0.4, 0.5) is 11.4 Å². The van der Waals surface area contributed by atoms with Crippen molar-refractivity contribution in [1.29, 1.82) is 0 Å². The maximum absolute atomic E-state index is 12.5. The summed E-state index contributed by atoms with van der Waals surface area (Å²) < 4.78 is 0. The van der Waals surface area contributed by atoms with Crippen LogP contribution in [-0.4, -0.2) is 48.5 Å². The van der Waals surface area contributed by atoms with Gasteiger partial charge in [-0.25, -0.2) is 0 Å². The summed E-state index contributed by atoms with van der Waals surface area (Å²) in [7, 11) is 0. The number of benzene rings is 1. The Bertz CT molecular complexity index is 760. The van der Waals surface area contributed by atoms with E-state index in [4.69, 9.17) is 23.2 Å². The maximum atomic E-state index is 12.5. The normalized spacial score (nSPS) is 15.2. The molecular weight excluding hydrogens is 359 g/mol. The molecule has 0 atom stereocenters. The van der Waals surface area contributed by atoms with E-state index in [1.807, 2.05) is 12.1 Å². The Morgan fingerprint density at radius 1 is 1.16 bits per heavy atom. The van der Waals surface area contributed by atoms with Crippen molar-refractivity contribution in [1.82, 2.24) is 9.88 Å². The van der Waals surface area contributed by atoms with Gasteiger partial charge in [-0.3, -0.25) is 9.78 Å². The number of halogens is 2. The highest BCUT2D eigenvalue weighted by Crippen LogP contribution is 2.26. The summed E-state index contributed by atoms with van der Waals surface area (Å²) in [5, 5.41) is 3.71. The van der Waals surface area contributed by atoms with Crippen molar-refractivity contribution in [2.45, 2.75) is 6.92 Å². The van der Waals surface area contributed by atoms with Crippen LogP contribution in [0.1, 0.15) is 17.4 Å². The molecule has 0 spiro atoms. The van der Waals surface area contributed by atoms with Crippen LogP contribution in [0.25, 0.3) is 0 Å². The fourth-order valence-corrected chi connectivity index (χ4v) is 3.18. The zero-order chi connectivity index (χ0) is 17.8. The zero-order valence-corrected chi connectivity index (χ0v) is 15.5. The molecule has 1 aliphatic rings. The molecule has 0 bridgehead atoms. The molecule has 1 aliphatic heterocycles. The van der Waals surface area contributed by atoms with Crippen LogP contribution in [0.3, 0.4) is 0 Å². The number of likely N-dealkylation sites (N-methyl/N-ethyl adjacent to an activating group) is 1. The van der Waals surface area contributed by atoms with Crippen LogP contribution in [0.2, 0.25) is 10.0 Å². The number of anilines is 2. The molecule has 5 nitrogen and oxygen atoms in total. The van der Waals surface area contributed by atoms with E-state index in [1.54, 1.807) is 24.4 Å². The zero-order valence-electron chi connectivity index (χ0n) is 14.0. The van der Waals surface area contributed by atoms with Crippen molar-refractivity contribution in [3.05, 3.63) is 52.3 Å². The third-order valence-electron chi connectivity index (χ3n) is 4.34. The lowest BCUT2D eigenvalue weighted by Gasteiger charge is -2.35. The van der Waals surface area contributed by atoms with E-state index in [0.29, 0.717) is 21.4 Å². The first-order valence-corrected chi connectivity index (χ1v) is 9.02. The highest BCUT2D eigenvalue weighted by atomic mass is 35.5. The van der Waals surface area contributed by atoms with E-state index in [2.05, 4.69) is 27.0 Å². The van der Waals surface area contributed by atoms with Gasteiger partial charge in [0.2, 0.25) is 0 Å². The van der Waals surface area contributed by atoms with Gasteiger partial charge in [0.25, 0.3) is 5.91 Å². The van der Waals surface area contributed by atoms with Gasteiger partial charge in [0.15, 0.2) is 0 Å². The standard InChI is InChI=1S/C18H20Cl2N4O/c1-2-23-7-9-24(10-8-23)14-5-6-21-17(12-14)18(25)22-16-11-13(19)3-4-15(16)20/h3-6,11-12H,2,7-10H2,1H3,(H,22,25). The van der Waals surface area contributed by atoms with Gasteiger partial charge in [0.1, 0.15) is 5.69 Å². The molecule has 1 amide bonds. The predicted octanol–water partition coefficient (Wildman–Crippen LogP) is 3.78. The highest BCUT2D eigenvalue weighted by molar-refractivity contribution is 6.35. The van der Waals surface area contributed by atoms with E-state index in [0.717, 1.165) is 38.4 Å². The average molecular weight is 379 g/mol. The van der Waals surface area contributed by atoms with Crippen molar-refractivity contribution in [2.75, 3.05) is 42.9 Å². The molecule has 1 aromatic carbocycles. The van der Waals surface area contributed by atoms with Crippen molar-refractivity contribution in [3.8, 4) is 0 Å². The van der Waals surface area contributed by atoms with Gasteiger partial charge in [-0.1, -0.05) is 30.1 Å². The molecule has 0 radical (unpaired) electrons. The Morgan fingerprint density at radius 2 is 1.92 bits per heavy atom. The lowest BCUT2D eigenvalue weighted by molar-refractivity contribution is 0.102. The number of hydrogen-bond donors (Lipinski definition) is 1. The van der Waals surface area contributed by atoms with E-state index < -0.39 is 0 Å². The molecule has 1 N–H and O–H groups in total. The number of carbonyl (C=O) groups excluding carboxylic acids is 1. The monoisotopic (exact) mass is 378 g/mol. The lowest BCUT2D eigenvalue weighted by Crippen LogP contribution is -2.46. The van der Waals surface area contributed by atoms with Gasteiger partial charge < -0.3 is 15.1 Å². The Balaban J connectivity index is 1.72. The van der Waals surface area contributed by atoms with Crippen LogP contribution < -0.4 is 10.2 Å². The molecule has 7 heteroatoms. The Labute approximate surface area is 157 Å². The molecule has 0 aliphatic carbocycles. The van der Waals surface area contributed by atoms with E-state index in [1.165, 1.54) is 0 Å². The van der Waals surface area contributed by atoms with Crippen molar-refractivity contribution >= 4 is 40.5 Å². The summed E-state index contributed by atoms with van der Waals surface area (Å²) in [6.45, 7) is 7.18. The Hall–Kier alpha value is -1.82. The smallest absolute Gasteiger partial charge is 0.274 e. The second-order valence-electron chi connectivity index (χ2n) is 5.90.